The molecular weight excluding hydrogens is 380 g/mol. The van der Waals surface area contributed by atoms with Crippen LogP contribution in [0.3, 0.4) is 0 Å². The Balaban J connectivity index is 1.42. The summed E-state index contributed by atoms with van der Waals surface area (Å²) in [6.45, 7) is 4.99. The smallest absolute Gasteiger partial charge is 0.260 e. The predicted octanol–water partition coefficient (Wildman–Crippen LogP) is 3.16. The van der Waals surface area contributed by atoms with Crippen molar-refractivity contribution in [3.63, 3.8) is 0 Å². The van der Waals surface area contributed by atoms with Gasteiger partial charge < -0.3 is 19.3 Å². The van der Waals surface area contributed by atoms with Gasteiger partial charge in [0, 0.05) is 32.6 Å². The van der Waals surface area contributed by atoms with Crippen molar-refractivity contribution in [1.29, 1.82) is 0 Å². The van der Waals surface area contributed by atoms with Crippen LogP contribution >= 0.6 is 0 Å². The average molecular weight is 411 g/mol. The van der Waals surface area contributed by atoms with Gasteiger partial charge in [-0.2, -0.15) is 0 Å². The number of amides is 2. The third-order valence-electron chi connectivity index (χ3n) is 5.17. The van der Waals surface area contributed by atoms with Crippen LogP contribution in [-0.4, -0.2) is 61.0 Å². The van der Waals surface area contributed by atoms with Gasteiger partial charge in [0.15, 0.2) is 6.61 Å². The van der Waals surface area contributed by atoms with Crippen molar-refractivity contribution in [3.05, 3.63) is 60.2 Å². The maximum atomic E-state index is 12.6. The molecule has 6 heteroatoms. The molecule has 1 heterocycles. The number of rotatable bonds is 8. The summed E-state index contributed by atoms with van der Waals surface area (Å²) in [7, 11) is 0. The highest BCUT2D eigenvalue weighted by Gasteiger charge is 2.22. The summed E-state index contributed by atoms with van der Waals surface area (Å²) in [6, 6.07) is 17.3. The first-order valence-electron chi connectivity index (χ1n) is 10.6. The molecule has 0 atom stereocenters. The molecule has 1 aliphatic rings. The van der Waals surface area contributed by atoms with Crippen LogP contribution in [0.2, 0.25) is 0 Å². The second-order valence-corrected chi connectivity index (χ2v) is 7.29. The number of carbonyl (C=O) groups excluding carboxylic acids is 2. The minimum Gasteiger partial charge on any atom is -0.494 e. The van der Waals surface area contributed by atoms with Crippen molar-refractivity contribution >= 4 is 11.8 Å². The van der Waals surface area contributed by atoms with Gasteiger partial charge in [0.1, 0.15) is 11.5 Å². The van der Waals surface area contributed by atoms with E-state index in [-0.39, 0.29) is 18.4 Å². The zero-order chi connectivity index (χ0) is 21.2. The molecule has 3 rings (SSSR count). The quantitative estimate of drug-likeness (QED) is 0.671. The number of hydrogen-bond acceptors (Lipinski definition) is 4. The maximum absolute atomic E-state index is 12.6. The van der Waals surface area contributed by atoms with Gasteiger partial charge in [0.05, 0.1) is 6.61 Å². The maximum Gasteiger partial charge on any atom is 0.260 e. The normalized spacial score (nSPS) is 14.2. The number of hydrogen-bond donors (Lipinski definition) is 0. The SMILES string of the molecule is CCOc1ccc(OCC(=O)N2CCCN(C(=O)CCc3ccccc3)CC2)cc1. The van der Waals surface area contributed by atoms with Gasteiger partial charge in [0.25, 0.3) is 5.91 Å². The fourth-order valence-electron chi connectivity index (χ4n) is 3.51. The second kappa shape index (κ2) is 11.2. The molecule has 1 aliphatic heterocycles. The number of benzene rings is 2. The molecule has 2 amide bonds. The van der Waals surface area contributed by atoms with E-state index in [0.717, 1.165) is 18.6 Å². The highest BCUT2D eigenvalue weighted by atomic mass is 16.5. The molecule has 160 valence electrons. The molecule has 0 spiro atoms. The van der Waals surface area contributed by atoms with Gasteiger partial charge in [-0.25, -0.2) is 0 Å². The molecule has 0 bridgehead atoms. The van der Waals surface area contributed by atoms with E-state index in [1.807, 2.05) is 54.3 Å². The molecule has 0 saturated carbocycles. The molecule has 0 aromatic heterocycles. The van der Waals surface area contributed by atoms with Crippen molar-refractivity contribution in [2.45, 2.75) is 26.2 Å². The average Bonchev–Trinajstić information content (AvgIpc) is 3.04. The van der Waals surface area contributed by atoms with E-state index >= 15 is 0 Å². The van der Waals surface area contributed by atoms with Crippen molar-refractivity contribution in [2.75, 3.05) is 39.4 Å². The van der Waals surface area contributed by atoms with Gasteiger partial charge in [0.2, 0.25) is 5.91 Å². The lowest BCUT2D eigenvalue weighted by atomic mass is 10.1. The molecule has 1 fully saturated rings. The summed E-state index contributed by atoms with van der Waals surface area (Å²) >= 11 is 0. The van der Waals surface area contributed by atoms with Gasteiger partial charge in [-0.15, -0.1) is 0 Å². The number of nitrogens with zero attached hydrogens (tertiary/aromatic N) is 2. The Labute approximate surface area is 178 Å². The summed E-state index contributed by atoms with van der Waals surface area (Å²) < 4.78 is 11.0. The Kier molecular flexibility index (Phi) is 8.12. The summed E-state index contributed by atoms with van der Waals surface area (Å²) in [4.78, 5) is 28.8. The monoisotopic (exact) mass is 410 g/mol. The molecule has 30 heavy (non-hydrogen) atoms. The molecule has 0 unspecified atom stereocenters. The van der Waals surface area contributed by atoms with E-state index in [0.29, 0.717) is 45.0 Å². The topological polar surface area (TPSA) is 59.1 Å². The highest BCUT2D eigenvalue weighted by molar-refractivity contribution is 5.79. The predicted molar refractivity (Wildman–Crippen MR) is 116 cm³/mol. The molecular formula is C24H30N2O4. The van der Waals surface area contributed by atoms with Crippen LogP contribution in [0.15, 0.2) is 54.6 Å². The van der Waals surface area contributed by atoms with Crippen molar-refractivity contribution in [1.82, 2.24) is 9.80 Å². The van der Waals surface area contributed by atoms with E-state index < -0.39 is 0 Å². The van der Waals surface area contributed by atoms with E-state index in [4.69, 9.17) is 9.47 Å². The van der Waals surface area contributed by atoms with E-state index in [1.54, 1.807) is 17.0 Å². The summed E-state index contributed by atoms with van der Waals surface area (Å²) in [5.41, 5.74) is 1.17. The molecule has 0 N–H and O–H groups in total. The van der Waals surface area contributed by atoms with Gasteiger partial charge >= 0.3 is 0 Å². The van der Waals surface area contributed by atoms with Crippen LogP contribution in [-0.2, 0) is 16.0 Å². The van der Waals surface area contributed by atoms with E-state index in [9.17, 15) is 9.59 Å². The lowest BCUT2D eigenvalue weighted by Crippen LogP contribution is -2.39. The van der Waals surface area contributed by atoms with Gasteiger partial charge in [-0.1, -0.05) is 30.3 Å². The summed E-state index contributed by atoms with van der Waals surface area (Å²) in [5, 5.41) is 0. The molecule has 2 aromatic rings. The number of ether oxygens (including phenoxy) is 2. The van der Waals surface area contributed by atoms with Gasteiger partial charge in [-0.05, 0) is 49.6 Å². The standard InChI is InChI=1S/C24H30N2O4/c1-2-29-21-10-12-22(13-11-21)30-19-24(28)26-16-6-15-25(17-18-26)23(27)14-9-20-7-4-3-5-8-20/h3-5,7-8,10-13H,2,6,9,14-19H2,1H3. The Hall–Kier alpha value is -3.02. The molecule has 0 aliphatic carbocycles. The zero-order valence-corrected chi connectivity index (χ0v) is 17.6. The first-order chi connectivity index (χ1) is 14.7. The number of aryl methyl sites for hydroxylation is 1. The minimum absolute atomic E-state index is 0.00403. The fraction of sp³-hybridized carbons (Fsp3) is 0.417. The van der Waals surface area contributed by atoms with Gasteiger partial charge in [-0.3, -0.25) is 9.59 Å². The van der Waals surface area contributed by atoms with E-state index in [1.165, 1.54) is 5.56 Å². The summed E-state index contributed by atoms with van der Waals surface area (Å²) in [6.07, 6.45) is 2.03. The summed E-state index contributed by atoms with van der Waals surface area (Å²) in [5.74, 6) is 1.52. The second-order valence-electron chi connectivity index (χ2n) is 7.29. The van der Waals surface area contributed by atoms with Crippen LogP contribution in [0, 0.1) is 0 Å². The van der Waals surface area contributed by atoms with Crippen molar-refractivity contribution < 1.29 is 19.1 Å². The molecule has 1 saturated heterocycles. The molecule has 2 aromatic carbocycles. The van der Waals surface area contributed by atoms with Crippen LogP contribution in [0.25, 0.3) is 0 Å². The largest absolute Gasteiger partial charge is 0.494 e. The zero-order valence-electron chi connectivity index (χ0n) is 17.6. The lowest BCUT2D eigenvalue weighted by Gasteiger charge is -2.22. The fourth-order valence-corrected chi connectivity index (χ4v) is 3.51. The minimum atomic E-state index is -0.0533. The third-order valence-corrected chi connectivity index (χ3v) is 5.17. The van der Waals surface area contributed by atoms with Crippen LogP contribution < -0.4 is 9.47 Å². The van der Waals surface area contributed by atoms with Crippen molar-refractivity contribution in [3.8, 4) is 11.5 Å². The lowest BCUT2D eigenvalue weighted by molar-refractivity contribution is -0.134. The molecule has 6 nitrogen and oxygen atoms in total. The van der Waals surface area contributed by atoms with Crippen LogP contribution in [0.5, 0.6) is 11.5 Å². The Morgan fingerprint density at radius 2 is 1.40 bits per heavy atom. The third kappa shape index (κ3) is 6.51. The highest BCUT2D eigenvalue weighted by Crippen LogP contribution is 2.17. The van der Waals surface area contributed by atoms with Crippen LogP contribution in [0.1, 0.15) is 25.3 Å². The Bertz CT molecular complexity index is 808. The Morgan fingerprint density at radius 1 is 0.800 bits per heavy atom. The molecule has 0 radical (unpaired) electrons. The Morgan fingerprint density at radius 3 is 2.03 bits per heavy atom. The number of carbonyl (C=O) groups is 2. The first-order valence-corrected chi connectivity index (χ1v) is 10.6. The van der Waals surface area contributed by atoms with Crippen LogP contribution in [0.4, 0.5) is 0 Å². The van der Waals surface area contributed by atoms with Crippen molar-refractivity contribution in [2.24, 2.45) is 0 Å². The first kappa shape index (κ1) is 21.7. The van der Waals surface area contributed by atoms with E-state index in [2.05, 4.69) is 0 Å².